The molecule has 98 valence electrons. The zero-order valence-corrected chi connectivity index (χ0v) is 11.5. The van der Waals surface area contributed by atoms with Gasteiger partial charge < -0.3 is 5.73 Å². The smallest absolute Gasteiger partial charge is 0.0722 e. The average molecular weight is 273 g/mol. The maximum absolute atomic E-state index is 6.19. The van der Waals surface area contributed by atoms with E-state index in [9.17, 15) is 0 Å². The van der Waals surface area contributed by atoms with Crippen molar-refractivity contribution in [1.29, 1.82) is 0 Å². The highest BCUT2D eigenvalue weighted by Gasteiger charge is 2.15. The van der Waals surface area contributed by atoms with Crippen molar-refractivity contribution in [1.82, 2.24) is 19.4 Å². The van der Waals surface area contributed by atoms with Crippen LogP contribution in [0.1, 0.15) is 23.5 Å². The first kappa shape index (κ1) is 12.3. The molecule has 2 N–H and O–H groups in total. The van der Waals surface area contributed by atoms with Crippen LogP contribution in [0.25, 0.3) is 10.9 Å². The molecular formula is C13H15N5S. The van der Waals surface area contributed by atoms with Crippen molar-refractivity contribution in [2.75, 3.05) is 0 Å². The summed E-state index contributed by atoms with van der Waals surface area (Å²) in [4.78, 5) is 0.995. The molecule has 0 bridgehead atoms. The van der Waals surface area contributed by atoms with E-state index < -0.39 is 0 Å². The lowest BCUT2D eigenvalue weighted by Crippen LogP contribution is -2.12. The first-order valence-electron chi connectivity index (χ1n) is 6.27. The minimum absolute atomic E-state index is 0.0939. The topological polar surface area (TPSA) is 69.6 Å². The highest BCUT2D eigenvalue weighted by atomic mass is 32.1. The van der Waals surface area contributed by atoms with Crippen LogP contribution in [0.15, 0.2) is 30.5 Å². The molecule has 1 aromatic carbocycles. The molecule has 2 aromatic heterocycles. The van der Waals surface area contributed by atoms with E-state index >= 15 is 0 Å². The molecule has 0 saturated carbocycles. The van der Waals surface area contributed by atoms with Gasteiger partial charge in [-0.1, -0.05) is 22.7 Å². The Bertz CT molecular complexity index is 673. The summed E-state index contributed by atoms with van der Waals surface area (Å²) in [6, 6.07) is 8.17. The average Bonchev–Trinajstić information content (AvgIpc) is 3.07. The number of nitrogens with two attached hydrogens (primary N) is 1. The van der Waals surface area contributed by atoms with Crippen LogP contribution < -0.4 is 5.73 Å². The summed E-state index contributed by atoms with van der Waals surface area (Å²) in [5, 5.41) is 9.67. The number of benzene rings is 1. The first-order valence-corrected chi connectivity index (χ1v) is 7.04. The van der Waals surface area contributed by atoms with Crippen LogP contribution in [-0.2, 0) is 13.0 Å². The van der Waals surface area contributed by atoms with Gasteiger partial charge in [0.2, 0.25) is 0 Å². The number of para-hydroxylation sites is 1. The number of rotatable bonds is 4. The summed E-state index contributed by atoms with van der Waals surface area (Å²) in [5.41, 5.74) is 8.40. The van der Waals surface area contributed by atoms with Gasteiger partial charge in [-0.05, 0) is 24.5 Å². The van der Waals surface area contributed by atoms with Gasteiger partial charge in [0.05, 0.1) is 22.3 Å². The zero-order chi connectivity index (χ0) is 13.2. The largest absolute Gasteiger partial charge is 0.323 e. The number of nitrogens with zero attached hydrogens (tertiary/aromatic N) is 4. The summed E-state index contributed by atoms with van der Waals surface area (Å²) in [6.45, 7) is 2.95. The van der Waals surface area contributed by atoms with Crippen molar-refractivity contribution in [3.05, 3.63) is 41.0 Å². The van der Waals surface area contributed by atoms with E-state index in [1.807, 2.05) is 16.8 Å². The summed E-state index contributed by atoms with van der Waals surface area (Å²) in [6.07, 6.45) is 2.44. The van der Waals surface area contributed by atoms with E-state index in [2.05, 4.69) is 33.7 Å². The Kier molecular flexibility index (Phi) is 3.27. The van der Waals surface area contributed by atoms with Crippen LogP contribution in [0, 0.1) is 0 Å². The minimum atomic E-state index is -0.0939. The number of hydrogen-bond donors (Lipinski definition) is 1. The molecule has 0 aliphatic carbocycles. The molecule has 0 saturated heterocycles. The predicted molar refractivity (Wildman–Crippen MR) is 75.9 cm³/mol. The van der Waals surface area contributed by atoms with Crippen molar-refractivity contribution >= 4 is 22.4 Å². The van der Waals surface area contributed by atoms with Crippen molar-refractivity contribution in [2.45, 2.75) is 25.9 Å². The lowest BCUT2D eigenvalue weighted by Gasteiger charge is -2.05. The molecule has 0 aliphatic rings. The third-order valence-corrected chi connectivity index (χ3v) is 3.99. The minimum Gasteiger partial charge on any atom is -0.323 e. The third-order valence-electron chi connectivity index (χ3n) is 3.19. The number of aromatic nitrogens is 4. The molecule has 3 aromatic rings. The molecule has 1 atom stereocenters. The monoisotopic (exact) mass is 273 g/mol. The second kappa shape index (κ2) is 5.07. The SMILES string of the molecule is CCn1nc(CC(N)c2cnns2)c2ccccc21. The maximum atomic E-state index is 6.19. The molecule has 6 heteroatoms. The maximum Gasteiger partial charge on any atom is 0.0722 e. The fourth-order valence-corrected chi connectivity index (χ4v) is 2.74. The molecule has 1 unspecified atom stereocenters. The lowest BCUT2D eigenvalue weighted by atomic mass is 10.1. The van der Waals surface area contributed by atoms with E-state index in [1.165, 1.54) is 16.9 Å². The molecule has 0 amide bonds. The van der Waals surface area contributed by atoms with Crippen LogP contribution in [0.3, 0.4) is 0 Å². The molecule has 3 rings (SSSR count). The molecule has 0 aliphatic heterocycles. The molecular weight excluding hydrogens is 258 g/mol. The van der Waals surface area contributed by atoms with Gasteiger partial charge in [-0.15, -0.1) is 5.10 Å². The van der Waals surface area contributed by atoms with E-state index in [-0.39, 0.29) is 6.04 Å². The Balaban J connectivity index is 1.97. The van der Waals surface area contributed by atoms with Crippen LogP contribution in [0.5, 0.6) is 0 Å². The van der Waals surface area contributed by atoms with Crippen LogP contribution in [0.4, 0.5) is 0 Å². The highest BCUT2D eigenvalue weighted by molar-refractivity contribution is 7.05. The van der Waals surface area contributed by atoms with Gasteiger partial charge in [0.15, 0.2) is 0 Å². The fourth-order valence-electron chi connectivity index (χ4n) is 2.24. The fraction of sp³-hybridized carbons (Fsp3) is 0.308. The Morgan fingerprint density at radius 2 is 2.21 bits per heavy atom. The number of aryl methyl sites for hydroxylation is 1. The second-order valence-electron chi connectivity index (χ2n) is 4.41. The summed E-state index contributed by atoms with van der Waals surface area (Å²) < 4.78 is 5.87. The number of hydrogen-bond acceptors (Lipinski definition) is 5. The Morgan fingerprint density at radius 3 is 2.95 bits per heavy atom. The van der Waals surface area contributed by atoms with E-state index in [0.717, 1.165) is 22.6 Å². The van der Waals surface area contributed by atoms with E-state index in [4.69, 9.17) is 5.73 Å². The van der Waals surface area contributed by atoms with Crippen molar-refractivity contribution < 1.29 is 0 Å². The Labute approximate surface area is 115 Å². The Hall–Kier alpha value is -1.79. The van der Waals surface area contributed by atoms with E-state index in [0.29, 0.717) is 6.42 Å². The molecule has 19 heavy (non-hydrogen) atoms. The molecule has 0 fully saturated rings. The third kappa shape index (κ3) is 2.24. The van der Waals surface area contributed by atoms with Gasteiger partial charge in [-0.3, -0.25) is 4.68 Å². The standard InChI is InChI=1S/C13H15N5S/c1-2-18-12-6-4-3-5-9(12)11(16-18)7-10(14)13-8-15-17-19-13/h3-6,8,10H,2,7,14H2,1H3. The van der Waals surface area contributed by atoms with Gasteiger partial charge in [-0.2, -0.15) is 5.10 Å². The first-order chi connectivity index (χ1) is 9.29. The Morgan fingerprint density at radius 1 is 1.37 bits per heavy atom. The molecule has 0 spiro atoms. The summed E-state index contributed by atoms with van der Waals surface area (Å²) >= 11 is 1.35. The normalized spacial score (nSPS) is 12.9. The van der Waals surface area contributed by atoms with Crippen molar-refractivity contribution in [3.63, 3.8) is 0 Å². The summed E-state index contributed by atoms with van der Waals surface area (Å²) in [5.74, 6) is 0. The predicted octanol–water partition coefficient (Wildman–Crippen LogP) is 2.15. The number of fused-ring (bicyclic) bond motifs is 1. The molecule has 5 nitrogen and oxygen atoms in total. The highest BCUT2D eigenvalue weighted by Crippen LogP contribution is 2.23. The van der Waals surface area contributed by atoms with Crippen LogP contribution >= 0.6 is 11.5 Å². The van der Waals surface area contributed by atoms with Crippen LogP contribution in [-0.4, -0.2) is 19.4 Å². The van der Waals surface area contributed by atoms with Gasteiger partial charge in [-0.25, -0.2) is 0 Å². The van der Waals surface area contributed by atoms with Gasteiger partial charge in [0, 0.05) is 24.4 Å². The van der Waals surface area contributed by atoms with E-state index in [1.54, 1.807) is 6.20 Å². The van der Waals surface area contributed by atoms with Crippen LogP contribution in [0.2, 0.25) is 0 Å². The van der Waals surface area contributed by atoms with Gasteiger partial charge in [0.25, 0.3) is 0 Å². The lowest BCUT2D eigenvalue weighted by molar-refractivity contribution is 0.645. The van der Waals surface area contributed by atoms with Gasteiger partial charge >= 0.3 is 0 Å². The second-order valence-corrected chi connectivity index (χ2v) is 5.23. The van der Waals surface area contributed by atoms with Crippen molar-refractivity contribution in [2.24, 2.45) is 5.73 Å². The quantitative estimate of drug-likeness (QED) is 0.790. The zero-order valence-electron chi connectivity index (χ0n) is 10.7. The van der Waals surface area contributed by atoms with Crippen molar-refractivity contribution in [3.8, 4) is 0 Å². The summed E-state index contributed by atoms with van der Waals surface area (Å²) in [7, 11) is 0. The van der Waals surface area contributed by atoms with Gasteiger partial charge in [0.1, 0.15) is 0 Å². The molecule has 0 radical (unpaired) electrons. The molecule has 2 heterocycles.